The van der Waals surface area contributed by atoms with Crippen LogP contribution in [-0.4, -0.2) is 65.5 Å². The summed E-state index contributed by atoms with van der Waals surface area (Å²) in [6.07, 6.45) is 1.33. The fraction of sp³-hybridized carbons (Fsp3) is 0.240. The Hall–Kier alpha value is -4.07. The molecule has 168 valence electrons. The number of hydrogen-bond donors (Lipinski definition) is 0. The number of hydrogen-bond acceptors (Lipinski definition) is 6. The zero-order valence-electron chi connectivity index (χ0n) is 18.8. The molecule has 0 aromatic heterocycles. The van der Waals surface area contributed by atoms with Gasteiger partial charge in [-0.05, 0) is 19.1 Å². The monoisotopic (exact) mass is 443 g/mol. The summed E-state index contributed by atoms with van der Waals surface area (Å²) in [6, 6.07) is 16.6. The Morgan fingerprint density at radius 3 is 2.58 bits per heavy atom. The van der Waals surface area contributed by atoms with Crippen LogP contribution >= 0.6 is 0 Å². The van der Waals surface area contributed by atoms with E-state index in [0.29, 0.717) is 11.7 Å². The number of rotatable bonds is 5. The maximum Gasteiger partial charge on any atom is 0.328 e. The summed E-state index contributed by atoms with van der Waals surface area (Å²) < 4.78 is 5.44. The SMILES string of the molecule is C=C(C)CN1C(=O)C2C(N=C3N(c4cccc(OC)c4)C(c4ccccc4)=CN32)N(C)C1=O. The summed E-state index contributed by atoms with van der Waals surface area (Å²) in [5.41, 5.74) is 3.47. The van der Waals surface area contributed by atoms with Gasteiger partial charge in [-0.2, -0.15) is 0 Å². The normalized spacial score (nSPS) is 21.7. The van der Waals surface area contributed by atoms with Crippen molar-refractivity contribution in [2.45, 2.75) is 19.1 Å². The van der Waals surface area contributed by atoms with Crippen molar-refractivity contribution in [1.29, 1.82) is 0 Å². The van der Waals surface area contributed by atoms with Gasteiger partial charge >= 0.3 is 6.03 Å². The number of fused-ring (bicyclic) bond motifs is 3. The van der Waals surface area contributed by atoms with Crippen molar-refractivity contribution in [3.05, 3.63) is 78.5 Å². The number of amides is 3. The molecule has 33 heavy (non-hydrogen) atoms. The van der Waals surface area contributed by atoms with Crippen LogP contribution in [0.1, 0.15) is 12.5 Å². The molecule has 0 saturated carbocycles. The number of benzene rings is 2. The maximum absolute atomic E-state index is 13.5. The molecular weight excluding hydrogens is 418 g/mol. The number of methoxy groups -OCH3 is 1. The second-order valence-electron chi connectivity index (χ2n) is 8.39. The lowest BCUT2D eigenvalue weighted by molar-refractivity contribution is -0.136. The largest absolute Gasteiger partial charge is 0.497 e. The van der Waals surface area contributed by atoms with Crippen LogP contribution in [0.4, 0.5) is 10.5 Å². The fourth-order valence-corrected chi connectivity index (χ4v) is 4.47. The van der Waals surface area contributed by atoms with Crippen LogP contribution in [-0.2, 0) is 4.79 Å². The topological polar surface area (TPSA) is 68.7 Å². The van der Waals surface area contributed by atoms with Gasteiger partial charge in [-0.15, -0.1) is 0 Å². The van der Waals surface area contributed by atoms with Crippen molar-refractivity contribution >= 4 is 29.3 Å². The molecule has 8 nitrogen and oxygen atoms in total. The van der Waals surface area contributed by atoms with Gasteiger partial charge in [0.15, 0.2) is 12.2 Å². The number of likely N-dealkylation sites (N-methyl/N-ethyl adjacent to an activating group) is 1. The van der Waals surface area contributed by atoms with Gasteiger partial charge in [0.25, 0.3) is 5.91 Å². The first kappa shape index (κ1) is 20.8. The molecule has 2 atom stereocenters. The highest BCUT2D eigenvalue weighted by Gasteiger charge is 2.54. The summed E-state index contributed by atoms with van der Waals surface area (Å²) >= 11 is 0. The third-order valence-electron chi connectivity index (χ3n) is 6.02. The molecule has 0 aliphatic carbocycles. The minimum Gasteiger partial charge on any atom is -0.497 e. The number of urea groups is 1. The molecule has 0 radical (unpaired) electrons. The van der Waals surface area contributed by atoms with E-state index in [9.17, 15) is 9.59 Å². The number of carbonyl (C=O) groups excluding carboxylic acids is 2. The zero-order valence-corrected chi connectivity index (χ0v) is 18.8. The molecule has 3 amide bonds. The first-order valence-electron chi connectivity index (χ1n) is 10.7. The summed E-state index contributed by atoms with van der Waals surface area (Å²) in [6.45, 7) is 5.86. The summed E-state index contributed by atoms with van der Waals surface area (Å²) in [4.78, 5) is 37.9. The maximum atomic E-state index is 13.5. The van der Waals surface area contributed by atoms with Gasteiger partial charge < -0.3 is 9.64 Å². The third kappa shape index (κ3) is 3.26. The van der Waals surface area contributed by atoms with Gasteiger partial charge in [0.05, 0.1) is 25.0 Å². The lowest BCUT2D eigenvalue weighted by atomic mass is 10.1. The molecule has 8 heteroatoms. The lowest BCUT2D eigenvalue weighted by Crippen LogP contribution is -2.64. The minimum atomic E-state index is -0.642. The Kier molecular flexibility index (Phi) is 4.92. The molecule has 0 spiro atoms. The van der Waals surface area contributed by atoms with Gasteiger partial charge in [0.1, 0.15) is 5.75 Å². The predicted octanol–water partition coefficient (Wildman–Crippen LogP) is 3.35. The van der Waals surface area contributed by atoms with Gasteiger partial charge in [-0.25, -0.2) is 9.79 Å². The zero-order chi connectivity index (χ0) is 23.3. The van der Waals surface area contributed by atoms with E-state index in [1.807, 2.05) is 70.6 Å². The first-order valence-corrected chi connectivity index (χ1v) is 10.7. The molecule has 3 heterocycles. The predicted molar refractivity (Wildman–Crippen MR) is 126 cm³/mol. The van der Waals surface area contributed by atoms with E-state index in [0.717, 1.165) is 22.5 Å². The molecule has 1 fully saturated rings. The lowest BCUT2D eigenvalue weighted by Gasteiger charge is -2.40. The summed E-state index contributed by atoms with van der Waals surface area (Å²) in [7, 11) is 3.31. The van der Waals surface area contributed by atoms with E-state index in [1.54, 1.807) is 21.1 Å². The molecule has 2 unspecified atom stereocenters. The number of carbonyl (C=O) groups is 2. The molecular formula is C25H25N5O3. The second kappa shape index (κ2) is 7.81. The Morgan fingerprint density at radius 2 is 1.88 bits per heavy atom. The van der Waals surface area contributed by atoms with E-state index in [1.165, 1.54) is 9.80 Å². The van der Waals surface area contributed by atoms with E-state index in [-0.39, 0.29) is 18.5 Å². The average molecular weight is 444 g/mol. The third-order valence-corrected chi connectivity index (χ3v) is 6.02. The molecule has 0 bridgehead atoms. The molecule has 2 aromatic carbocycles. The Morgan fingerprint density at radius 1 is 1.12 bits per heavy atom. The highest BCUT2D eigenvalue weighted by atomic mass is 16.5. The summed E-state index contributed by atoms with van der Waals surface area (Å²) in [5.74, 6) is 1.04. The highest BCUT2D eigenvalue weighted by molar-refractivity contribution is 6.16. The van der Waals surface area contributed by atoms with Crippen molar-refractivity contribution in [2.24, 2.45) is 4.99 Å². The smallest absolute Gasteiger partial charge is 0.328 e. The van der Waals surface area contributed by atoms with E-state index in [2.05, 4.69) is 6.58 Å². The van der Waals surface area contributed by atoms with Crippen molar-refractivity contribution < 1.29 is 14.3 Å². The van der Waals surface area contributed by atoms with Gasteiger partial charge in [0, 0.05) is 24.9 Å². The van der Waals surface area contributed by atoms with Crippen molar-refractivity contribution in [2.75, 3.05) is 25.6 Å². The van der Waals surface area contributed by atoms with Crippen LogP contribution in [0, 0.1) is 0 Å². The van der Waals surface area contributed by atoms with Gasteiger partial charge in [0.2, 0.25) is 5.96 Å². The Bertz CT molecular complexity index is 1210. The molecule has 2 aromatic rings. The first-order chi connectivity index (χ1) is 15.9. The van der Waals surface area contributed by atoms with Crippen molar-refractivity contribution in [3.8, 4) is 5.75 Å². The summed E-state index contributed by atoms with van der Waals surface area (Å²) in [5, 5.41) is 0. The molecule has 3 aliphatic heterocycles. The second-order valence-corrected chi connectivity index (χ2v) is 8.39. The van der Waals surface area contributed by atoms with E-state index in [4.69, 9.17) is 9.73 Å². The Labute approximate surface area is 192 Å². The Balaban J connectivity index is 1.62. The number of guanidine groups is 1. The number of imide groups is 1. The highest BCUT2D eigenvalue weighted by Crippen LogP contribution is 2.40. The quantitative estimate of drug-likeness (QED) is 0.663. The van der Waals surface area contributed by atoms with Gasteiger partial charge in [-0.3, -0.25) is 19.5 Å². The molecule has 1 saturated heterocycles. The van der Waals surface area contributed by atoms with Gasteiger partial charge in [-0.1, -0.05) is 48.6 Å². The number of nitrogens with zero attached hydrogens (tertiary/aromatic N) is 5. The number of anilines is 1. The van der Waals surface area contributed by atoms with Crippen molar-refractivity contribution in [1.82, 2.24) is 14.7 Å². The van der Waals surface area contributed by atoms with Crippen molar-refractivity contribution in [3.63, 3.8) is 0 Å². The van der Waals surface area contributed by atoms with Crippen LogP contribution in [0.15, 0.2) is 77.9 Å². The molecule has 5 rings (SSSR count). The van der Waals surface area contributed by atoms with Crippen LogP contribution in [0.25, 0.3) is 5.70 Å². The van der Waals surface area contributed by atoms with E-state index >= 15 is 0 Å². The van der Waals surface area contributed by atoms with Crippen LogP contribution in [0.3, 0.4) is 0 Å². The standard InChI is InChI=1S/C25H25N5O3/c1-16(2)14-29-23(31)21-22(27(3)25(29)32)26-24-28(21)15-20(17-9-6-5-7-10-17)30(24)18-11-8-12-19(13-18)33-4/h5-13,15,21-22H,1,14H2,2-4H3. The molecule has 3 aliphatic rings. The van der Waals surface area contributed by atoms with Crippen LogP contribution in [0.2, 0.25) is 0 Å². The fourth-order valence-electron chi connectivity index (χ4n) is 4.47. The average Bonchev–Trinajstić information content (AvgIpc) is 3.37. The molecule has 0 N–H and O–H groups in total. The van der Waals surface area contributed by atoms with Crippen LogP contribution in [0.5, 0.6) is 5.75 Å². The van der Waals surface area contributed by atoms with E-state index < -0.39 is 12.2 Å². The number of aliphatic imine (C=N–C) groups is 1. The number of ether oxygens (including phenoxy) is 1. The minimum absolute atomic E-state index is 0.184. The van der Waals surface area contributed by atoms with Crippen LogP contribution < -0.4 is 9.64 Å².